The molecule has 0 saturated carbocycles. The van der Waals surface area contributed by atoms with Crippen LogP contribution in [0.25, 0.3) is 0 Å². The Morgan fingerprint density at radius 2 is 1.82 bits per heavy atom. The van der Waals surface area contributed by atoms with Crippen LogP contribution in [-0.4, -0.2) is 41.9 Å². The van der Waals surface area contributed by atoms with Crippen LogP contribution in [0.2, 0.25) is 0 Å². The molecule has 0 amide bonds. The molecule has 6 heteroatoms. The summed E-state index contributed by atoms with van der Waals surface area (Å²) in [5.41, 5.74) is 0.241. The van der Waals surface area contributed by atoms with E-state index in [9.17, 15) is 9.59 Å². The van der Waals surface area contributed by atoms with Crippen molar-refractivity contribution >= 4 is 23.7 Å². The molecule has 0 aromatic heterocycles. The van der Waals surface area contributed by atoms with Crippen molar-refractivity contribution in [3.8, 4) is 0 Å². The molecule has 0 radical (unpaired) electrons. The molecule has 0 aromatic carbocycles. The van der Waals surface area contributed by atoms with E-state index in [0.717, 1.165) is 5.75 Å². The van der Waals surface area contributed by atoms with Crippen molar-refractivity contribution in [1.82, 2.24) is 0 Å². The fourth-order valence-electron chi connectivity index (χ4n) is 1.28. The molecule has 1 saturated heterocycles. The SMILES string of the molecule is C=C(C)C(=O)OC(C)C(=O)OC1(C)CSCCO1.CC.CC. The third-order valence-corrected chi connectivity index (χ3v) is 3.46. The molecule has 0 bridgehead atoms. The lowest BCUT2D eigenvalue weighted by atomic mass is 10.3. The van der Waals surface area contributed by atoms with Gasteiger partial charge in [0.2, 0.25) is 5.79 Å². The van der Waals surface area contributed by atoms with E-state index in [1.54, 1.807) is 18.7 Å². The lowest BCUT2D eigenvalue weighted by molar-refractivity contribution is -0.221. The zero-order chi connectivity index (χ0) is 17.8. The molecule has 1 aliphatic rings. The first kappa shape index (κ1) is 23.3. The second-order valence-corrected chi connectivity index (χ2v) is 5.39. The van der Waals surface area contributed by atoms with Crippen LogP contribution in [0.15, 0.2) is 12.2 Å². The zero-order valence-electron chi connectivity index (χ0n) is 14.9. The van der Waals surface area contributed by atoms with Crippen molar-refractivity contribution in [1.29, 1.82) is 0 Å². The Balaban J connectivity index is 0. The second-order valence-electron chi connectivity index (χ2n) is 4.28. The summed E-state index contributed by atoms with van der Waals surface area (Å²) in [4.78, 5) is 23.0. The highest BCUT2D eigenvalue weighted by Crippen LogP contribution is 2.25. The molecular weight excluding hydrogens is 304 g/mol. The average Bonchev–Trinajstić information content (AvgIpc) is 2.51. The van der Waals surface area contributed by atoms with Gasteiger partial charge in [0, 0.05) is 18.2 Å². The van der Waals surface area contributed by atoms with Crippen molar-refractivity contribution in [2.75, 3.05) is 18.1 Å². The fraction of sp³-hybridized carbons (Fsp3) is 0.750. The Hall–Kier alpha value is -1.01. The molecule has 2 atom stereocenters. The molecule has 130 valence electrons. The van der Waals surface area contributed by atoms with Gasteiger partial charge in [-0.1, -0.05) is 34.3 Å². The maximum Gasteiger partial charge on any atom is 0.349 e. The monoisotopic (exact) mass is 334 g/mol. The van der Waals surface area contributed by atoms with E-state index < -0.39 is 23.8 Å². The van der Waals surface area contributed by atoms with Gasteiger partial charge in [-0.15, -0.1) is 0 Å². The van der Waals surface area contributed by atoms with Gasteiger partial charge in [0.1, 0.15) is 0 Å². The van der Waals surface area contributed by atoms with E-state index in [1.807, 2.05) is 27.7 Å². The number of rotatable bonds is 4. The molecule has 0 aliphatic carbocycles. The van der Waals surface area contributed by atoms with Crippen LogP contribution >= 0.6 is 11.8 Å². The normalized spacial score (nSPS) is 21.0. The predicted molar refractivity (Wildman–Crippen MR) is 90.8 cm³/mol. The van der Waals surface area contributed by atoms with Gasteiger partial charge in [-0.2, -0.15) is 11.8 Å². The lowest BCUT2D eigenvalue weighted by Gasteiger charge is -2.33. The molecule has 0 aromatic rings. The maximum atomic E-state index is 11.8. The summed E-state index contributed by atoms with van der Waals surface area (Å²) in [7, 11) is 0. The van der Waals surface area contributed by atoms with Gasteiger partial charge in [-0.25, -0.2) is 9.59 Å². The summed E-state index contributed by atoms with van der Waals surface area (Å²) >= 11 is 1.65. The predicted octanol–water partition coefficient (Wildman–Crippen LogP) is 3.57. The summed E-state index contributed by atoms with van der Waals surface area (Å²) < 4.78 is 15.5. The van der Waals surface area contributed by atoms with Crippen LogP contribution in [0.1, 0.15) is 48.5 Å². The number of carbonyl (C=O) groups is 2. The van der Waals surface area contributed by atoms with Crippen molar-refractivity contribution in [3.05, 3.63) is 12.2 Å². The molecule has 22 heavy (non-hydrogen) atoms. The number of hydrogen-bond donors (Lipinski definition) is 0. The summed E-state index contributed by atoms with van der Waals surface area (Å²) in [6, 6.07) is 0. The largest absolute Gasteiger partial charge is 0.447 e. The summed E-state index contributed by atoms with van der Waals surface area (Å²) in [5, 5.41) is 0. The van der Waals surface area contributed by atoms with Crippen molar-refractivity contribution < 1.29 is 23.8 Å². The molecule has 0 N–H and O–H groups in total. The zero-order valence-corrected chi connectivity index (χ0v) is 15.7. The Bertz CT molecular complexity index is 348. The molecule has 1 fully saturated rings. The van der Waals surface area contributed by atoms with Crippen LogP contribution in [0, 0.1) is 0 Å². The van der Waals surface area contributed by atoms with Crippen LogP contribution in [0.3, 0.4) is 0 Å². The van der Waals surface area contributed by atoms with E-state index in [4.69, 9.17) is 14.2 Å². The van der Waals surface area contributed by atoms with E-state index >= 15 is 0 Å². The van der Waals surface area contributed by atoms with Crippen molar-refractivity contribution in [2.45, 2.75) is 60.4 Å². The van der Waals surface area contributed by atoms with Gasteiger partial charge in [0.05, 0.1) is 12.4 Å². The van der Waals surface area contributed by atoms with Crippen LogP contribution in [0.5, 0.6) is 0 Å². The molecule has 1 rings (SSSR count). The number of hydrogen-bond acceptors (Lipinski definition) is 6. The van der Waals surface area contributed by atoms with Crippen LogP contribution < -0.4 is 0 Å². The summed E-state index contributed by atoms with van der Waals surface area (Å²) in [6.45, 7) is 16.7. The first-order valence-electron chi connectivity index (χ1n) is 7.65. The molecule has 1 aliphatic heterocycles. The third-order valence-electron chi connectivity index (χ3n) is 2.28. The van der Waals surface area contributed by atoms with Crippen LogP contribution in [-0.2, 0) is 23.8 Å². The van der Waals surface area contributed by atoms with E-state index in [1.165, 1.54) is 13.8 Å². The second kappa shape index (κ2) is 12.5. The minimum atomic E-state index is -0.971. The highest BCUT2D eigenvalue weighted by molar-refractivity contribution is 7.99. The smallest absolute Gasteiger partial charge is 0.349 e. The van der Waals surface area contributed by atoms with E-state index in [-0.39, 0.29) is 5.57 Å². The Morgan fingerprint density at radius 3 is 2.23 bits per heavy atom. The number of esters is 2. The average molecular weight is 334 g/mol. The van der Waals surface area contributed by atoms with Gasteiger partial charge in [0.15, 0.2) is 6.10 Å². The van der Waals surface area contributed by atoms with Crippen LogP contribution in [0.4, 0.5) is 0 Å². The summed E-state index contributed by atoms with van der Waals surface area (Å²) in [5.74, 6) is -0.713. The molecule has 2 unspecified atom stereocenters. The Labute approximate surface area is 138 Å². The number of ether oxygens (including phenoxy) is 3. The van der Waals surface area contributed by atoms with Gasteiger partial charge in [0.25, 0.3) is 0 Å². The maximum absolute atomic E-state index is 11.8. The molecular formula is C16H30O5S. The summed E-state index contributed by atoms with van der Waals surface area (Å²) in [6.07, 6.45) is -0.971. The van der Waals surface area contributed by atoms with Crippen molar-refractivity contribution in [2.24, 2.45) is 0 Å². The molecule has 1 heterocycles. The Kier molecular flexibility index (Phi) is 13.2. The van der Waals surface area contributed by atoms with E-state index in [2.05, 4.69) is 6.58 Å². The standard InChI is InChI=1S/C12H18O5S.2C2H6/c1-8(2)10(13)16-9(3)11(14)17-12(4)7-18-6-5-15-12;2*1-2/h9H,1,5-7H2,2-4H3;2*1-2H3. The highest BCUT2D eigenvalue weighted by atomic mass is 32.2. The Morgan fingerprint density at radius 1 is 1.27 bits per heavy atom. The lowest BCUT2D eigenvalue weighted by Crippen LogP contribution is -2.43. The van der Waals surface area contributed by atoms with Gasteiger partial charge < -0.3 is 14.2 Å². The number of thioether (sulfide) groups is 1. The third kappa shape index (κ3) is 9.10. The van der Waals surface area contributed by atoms with Gasteiger partial charge in [-0.05, 0) is 13.8 Å². The minimum Gasteiger partial charge on any atom is -0.447 e. The molecule has 0 spiro atoms. The minimum absolute atomic E-state index is 0.241. The van der Waals surface area contributed by atoms with Crippen molar-refractivity contribution in [3.63, 3.8) is 0 Å². The van der Waals surface area contributed by atoms with Gasteiger partial charge in [-0.3, -0.25) is 0 Å². The van der Waals surface area contributed by atoms with E-state index in [0.29, 0.717) is 12.4 Å². The first-order chi connectivity index (χ1) is 10.3. The fourth-order valence-corrected chi connectivity index (χ4v) is 2.14. The highest BCUT2D eigenvalue weighted by Gasteiger charge is 2.35. The quantitative estimate of drug-likeness (QED) is 0.578. The van der Waals surface area contributed by atoms with Gasteiger partial charge >= 0.3 is 11.9 Å². The topological polar surface area (TPSA) is 61.8 Å². The molecule has 5 nitrogen and oxygen atoms in total. The first-order valence-corrected chi connectivity index (χ1v) is 8.80. The number of carbonyl (C=O) groups excluding carboxylic acids is 2.